The molecule has 6 aromatic carbocycles. The average molecular weight is 518 g/mol. The van der Waals surface area contributed by atoms with Gasteiger partial charge in [0.15, 0.2) is 0 Å². The predicted molar refractivity (Wildman–Crippen MR) is 167 cm³/mol. The summed E-state index contributed by atoms with van der Waals surface area (Å²) < 4.78 is 8.89. The van der Waals surface area contributed by atoms with Crippen LogP contribution in [0.1, 0.15) is 0 Å². The highest BCUT2D eigenvalue weighted by molar-refractivity contribution is 7.26. The Hall–Kier alpha value is -4.86. The van der Waals surface area contributed by atoms with Crippen molar-refractivity contribution < 1.29 is 4.42 Å². The SMILES string of the molecule is c1ccc(N(c2ccc(-c3cccc4c3sc3ccccc34)cc2)c2cccc3oc4ccccc4c23)cc1. The molecule has 0 saturated heterocycles. The number of benzene rings is 6. The molecule has 39 heavy (non-hydrogen) atoms. The molecule has 0 bridgehead atoms. The molecule has 2 heterocycles. The van der Waals surface area contributed by atoms with Crippen LogP contribution in [0.15, 0.2) is 144 Å². The molecule has 8 rings (SSSR count). The van der Waals surface area contributed by atoms with Gasteiger partial charge < -0.3 is 9.32 Å². The first-order valence-corrected chi connectivity index (χ1v) is 13.9. The van der Waals surface area contributed by atoms with E-state index in [1.54, 1.807) is 0 Å². The lowest BCUT2D eigenvalue weighted by molar-refractivity contribution is 0.669. The van der Waals surface area contributed by atoms with Crippen LogP contribution < -0.4 is 4.90 Å². The minimum Gasteiger partial charge on any atom is -0.456 e. The van der Waals surface area contributed by atoms with Gasteiger partial charge in [0.05, 0.1) is 11.1 Å². The molecule has 0 aliphatic rings. The van der Waals surface area contributed by atoms with E-state index in [0.717, 1.165) is 39.0 Å². The van der Waals surface area contributed by atoms with E-state index in [1.807, 2.05) is 23.5 Å². The van der Waals surface area contributed by atoms with Crippen LogP contribution in [0.2, 0.25) is 0 Å². The lowest BCUT2D eigenvalue weighted by Gasteiger charge is -2.26. The quantitative estimate of drug-likeness (QED) is 0.231. The smallest absolute Gasteiger partial charge is 0.137 e. The predicted octanol–water partition coefficient (Wildman–Crippen LogP) is 11.1. The van der Waals surface area contributed by atoms with Gasteiger partial charge in [-0.3, -0.25) is 0 Å². The molecule has 184 valence electrons. The van der Waals surface area contributed by atoms with Crippen LogP contribution in [0.5, 0.6) is 0 Å². The molecule has 3 heteroatoms. The molecule has 0 spiro atoms. The van der Waals surface area contributed by atoms with Crippen molar-refractivity contribution in [2.24, 2.45) is 0 Å². The first-order chi connectivity index (χ1) is 19.3. The maximum Gasteiger partial charge on any atom is 0.137 e. The van der Waals surface area contributed by atoms with E-state index < -0.39 is 0 Å². The van der Waals surface area contributed by atoms with E-state index >= 15 is 0 Å². The fraction of sp³-hybridized carbons (Fsp3) is 0. The normalized spacial score (nSPS) is 11.6. The van der Waals surface area contributed by atoms with Gasteiger partial charge in [0.2, 0.25) is 0 Å². The Bertz CT molecular complexity index is 2120. The van der Waals surface area contributed by atoms with Crippen molar-refractivity contribution in [2.45, 2.75) is 0 Å². The van der Waals surface area contributed by atoms with Crippen molar-refractivity contribution in [2.75, 3.05) is 4.90 Å². The third-order valence-corrected chi connectivity index (χ3v) is 8.70. The second-order valence-corrected chi connectivity index (χ2v) is 10.8. The summed E-state index contributed by atoms with van der Waals surface area (Å²) in [7, 11) is 0. The highest BCUT2D eigenvalue weighted by Crippen LogP contribution is 2.44. The third kappa shape index (κ3) is 3.55. The highest BCUT2D eigenvalue weighted by Gasteiger charge is 2.19. The number of furan rings is 1. The third-order valence-electron chi connectivity index (χ3n) is 7.48. The summed E-state index contributed by atoms with van der Waals surface area (Å²) >= 11 is 1.87. The summed E-state index contributed by atoms with van der Waals surface area (Å²) in [5.41, 5.74) is 7.59. The minimum absolute atomic E-state index is 0.891. The van der Waals surface area contributed by atoms with Crippen LogP contribution in [-0.4, -0.2) is 0 Å². The molecule has 0 amide bonds. The van der Waals surface area contributed by atoms with E-state index in [-0.39, 0.29) is 0 Å². The van der Waals surface area contributed by atoms with Crippen molar-refractivity contribution in [1.82, 2.24) is 0 Å². The van der Waals surface area contributed by atoms with Crippen LogP contribution in [0.25, 0.3) is 53.2 Å². The zero-order valence-electron chi connectivity index (χ0n) is 21.0. The lowest BCUT2D eigenvalue weighted by atomic mass is 10.0. The molecular weight excluding hydrogens is 494 g/mol. The number of rotatable bonds is 4. The van der Waals surface area contributed by atoms with E-state index in [1.165, 1.54) is 31.3 Å². The molecule has 2 nitrogen and oxygen atoms in total. The maximum absolute atomic E-state index is 6.23. The van der Waals surface area contributed by atoms with Gasteiger partial charge in [-0.2, -0.15) is 0 Å². The zero-order chi connectivity index (χ0) is 25.8. The highest BCUT2D eigenvalue weighted by atomic mass is 32.1. The lowest BCUT2D eigenvalue weighted by Crippen LogP contribution is -2.10. The average Bonchev–Trinajstić information content (AvgIpc) is 3.57. The Labute approximate surface area is 230 Å². The minimum atomic E-state index is 0.891. The van der Waals surface area contributed by atoms with Crippen molar-refractivity contribution in [1.29, 1.82) is 0 Å². The number of para-hydroxylation sites is 2. The molecule has 0 radical (unpaired) electrons. The van der Waals surface area contributed by atoms with Crippen LogP contribution in [-0.2, 0) is 0 Å². The molecule has 0 N–H and O–H groups in total. The Kier molecular flexibility index (Phi) is 5.04. The van der Waals surface area contributed by atoms with Crippen LogP contribution in [0.4, 0.5) is 17.1 Å². The Balaban J connectivity index is 1.30. The van der Waals surface area contributed by atoms with Gasteiger partial charge in [0.25, 0.3) is 0 Å². The number of hydrogen-bond donors (Lipinski definition) is 0. The number of anilines is 3. The standard InChI is InChI=1S/C36H23NOS/c1-2-10-25(11-3-1)37(31-16-9-18-33-35(31)30-13-4-6-17-32(30)38-33)26-22-20-24(21-23-26)27-14-8-15-29-28-12-5-7-19-34(28)39-36(27)29/h1-23H. The topological polar surface area (TPSA) is 16.4 Å². The fourth-order valence-corrected chi connectivity index (χ4v) is 6.95. The molecule has 2 aromatic heterocycles. The number of thiophene rings is 1. The summed E-state index contributed by atoms with van der Waals surface area (Å²) in [6.07, 6.45) is 0. The van der Waals surface area contributed by atoms with Gasteiger partial charge in [-0.05, 0) is 59.7 Å². The molecule has 0 unspecified atom stereocenters. The summed E-state index contributed by atoms with van der Waals surface area (Å²) in [6, 6.07) is 49.4. The molecule has 0 aliphatic heterocycles. The molecule has 0 aliphatic carbocycles. The number of fused-ring (bicyclic) bond motifs is 6. The first-order valence-electron chi connectivity index (χ1n) is 13.1. The number of hydrogen-bond acceptors (Lipinski definition) is 3. The second kappa shape index (κ2) is 8.87. The molecule has 0 saturated carbocycles. The molecular formula is C36H23NOS. The van der Waals surface area contributed by atoms with Crippen molar-refractivity contribution >= 4 is 70.5 Å². The van der Waals surface area contributed by atoms with Crippen LogP contribution >= 0.6 is 11.3 Å². The first kappa shape index (κ1) is 22.2. The van der Waals surface area contributed by atoms with Gasteiger partial charge in [-0.1, -0.05) is 91.0 Å². The van der Waals surface area contributed by atoms with Crippen LogP contribution in [0.3, 0.4) is 0 Å². The van der Waals surface area contributed by atoms with Crippen molar-refractivity contribution in [3.8, 4) is 11.1 Å². The second-order valence-electron chi connectivity index (χ2n) is 9.75. The van der Waals surface area contributed by atoms with Gasteiger partial charge in [-0.15, -0.1) is 11.3 Å². The summed E-state index contributed by atoms with van der Waals surface area (Å²) in [4.78, 5) is 2.33. The monoisotopic (exact) mass is 517 g/mol. The molecule has 8 aromatic rings. The van der Waals surface area contributed by atoms with Gasteiger partial charge in [-0.25, -0.2) is 0 Å². The van der Waals surface area contributed by atoms with E-state index in [9.17, 15) is 0 Å². The fourth-order valence-electron chi connectivity index (χ4n) is 5.71. The zero-order valence-corrected chi connectivity index (χ0v) is 21.9. The largest absolute Gasteiger partial charge is 0.456 e. The van der Waals surface area contributed by atoms with Crippen molar-refractivity contribution in [3.05, 3.63) is 140 Å². The summed E-state index contributed by atoms with van der Waals surface area (Å²) in [5.74, 6) is 0. The maximum atomic E-state index is 6.23. The molecule has 0 atom stereocenters. The number of nitrogens with zero attached hydrogens (tertiary/aromatic N) is 1. The Morgan fingerprint density at radius 1 is 0.487 bits per heavy atom. The van der Waals surface area contributed by atoms with E-state index in [0.29, 0.717) is 0 Å². The van der Waals surface area contributed by atoms with Crippen LogP contribution in [0, 0.1) is 0 Å². The molecule has 0 fully saturated rings. The Morgan fingerprint density at radius 2 is 1.15 bits per heavy atom. The summed E-state index contributed by atoms with van der Waals surface area (Å²) in [5, 5.41) is 4.89. The Morgan fingerprint density at radius 3 is 2.03 bits per heavy atom. The van der Waals surface area contributed by atoms with Crippen molar-refractivity contribution in [3.63, 3.8) is 0 Å². The van der Waals surface area contributed by atoms with Gasteiger partial charge in [0, 0.05) is 36.9 Å². The van der Waals surface area contributed by atoms with E-state index in [2.05, 4.69) is 132 Å². The van der Waals surface area contributed by atoms with E-state index in [4.69, 9.17) is 4.42 Å². The summed E-state index contributed by atoms with van der Waals surface area (Å²) in [6.45, 7) is 0. The van der Waals surface area contributed by atoms with Gasteiger partial charge >= 0.3 is 0 Å². The van der Waals surface area contributed by atoms with Gasteiger partial charge in [0.1, 0.15) is 11.2 Å².